The molecule has 0 aliphatic carbocycles. The summed E-state index contributed by atoms with van der Waals surface area (Å²) in [5.41, 5.74) is 2.42. The van der Waals surface area contributed by atoms with E-state index in [0.717, 1.165) is 0 Å². The maximum atomic E-state index is 11.8. The highest BCUT2D eigenvalue weighted by Crippen LogP contribution is 2.13. The zero-order valence-corrected chi connectivity index (χ0v) is 12.2. The number of amides is 1. The number of methoxy groups -OCH3 is 1. The molecule has 0 saturated carbocycles. The number of rotatable bonds is 7. The minimum atomic E-state index is -0.229. The van der Waals surface area contributed by atoms with Crippen molar-refractivity contribution in [2.45, 2.75) is 32.9 Å². The lowest BCUT2D eigenvalue weighted by atomic mass is 10.1. The van der Waals surface area contributed by atoms with E-state index in [-0.39, 0.29) is 18.0 Å². The van der Waals surface area contributed by atoms with Gasteiger partial charge in [-0.25, -0.2) is 0 Å². The molecule has 0 radical (unpaired) electrons. The second-order valence-corrected chi connectivity index (χ2v) is 4.80. The van der Waals surface area contributed by atoms with Gasteiger partial charge >= 0.3 is 0 Å². The van der Waals surface area contributed by atoms with E-state index < -0.39 is 0 Å². The standard InChI is InChI=1S/C15H24N2O2/c1-11-5-7-14(8-6-11)12(2)17-13(3)15(18)16-9-10-19-4/h5-8,12-13,17H,9-10H2,1-4H3,(H,16,18)/t12-,13?/m1/s1. The number of carbonyl (C=O) groups excluding carboxylic acids is 1. The predicted octanol–water partition coefficient (Wildman–Crippen LogP) is 1.80. The molecule has 4 heteroatoms. The largest absolute Gasteiger partial charge is 0.383 e. The minimum Gasteiger partial charge on any atom is -0.383 e. The van der Waals surface area contributed by atoms with Gasteiger partial charge in [-0.05, 0) is 26.3 Å². The maximum Gasteiger partial charge on any atom is 0.236 e. The van der Waals surface area contributed by atoms with Gasteiger partial charge < -0.3 is 10.1 Å². The summed E-state index contributed by atoms with van der Waals surface area (Å²) >= 11 is 0. The van der Waals surface area contributed by atoms with Crippen LogP contribution in [-0.4, -0.2) is 32.2 Å². The lowest BCUT2D eigenvalue weighted by Crippen LogP contribution is -2.44. The molecule has 2 atom stereocenters. The van der Waals surface area contributed by atoms with Crippen molar-refractivity contribution in [2.24, 2.45) is 0 Å². The quantitative estimate of drug-likeness (QED) is 0.738. The van der Waals surface area contributed by atoms with Gasteiger partial charge in [0.2, 0.25) is 5.91 Å². The van der Waals surface area contributed by atoms with Crippen molar-refractivity contribution >= 4 is 5.91 Å². The molecule has 1 aromatic rings. The fourth-order valence-corrected chi connectivity index (χ4v) is 1.83. The normalized spacial score (nSPS) is 13.9. The Hall–Kier alpha value is -1.39. The van der Waals surface area contributed by atoms with Crippen LogP contribution in [0.25, 0.3) is 0 Å². The highest BCUT2D eigenvalue weighted by atomic mass is 16.5. The zero-order valence-electron chi connectivity index (χ0n) is 12.2. The molecule has 106 valence electrons. The molecule has 0 aromatic heterocycles. The monoisotopic (exact) mass is 264 g/mol. The Morgan fingerprint density at radius 2 is 1.89 bits per heavy atom. The molecule has 1 amide bonds. The molecule has 4 nitrogen and oxygen atoms in total. The van der Waals surface area contributed by atoms with Crippen LogP contribution >= 0.6 is 0 Å². The predicted molar refractivity (Wildman–Crippen MR) is 77.1 cm³/mol. The first-order valence-electron chi connectivity index (χ1n) is 6.64. The highest BCUT2D eigenvalue weighted by molar-refractivity contribution is 5.81. The first-order chi connectivity index (χ1) is 9.04. The lowest BCUT2D eigenvalue weighted by molar-refractivity contribution is -0.123. The molecule has 19 heavy (non-hydrogen) atoms. The second kappa shape index (κ2) is 7.92. The maximum absolute atomic E-state index is 11.8. The molecule has 0 aliphatic rings. The first-order valence-corrected chi connectivity index (χ1v) is 6.64. The van der Waals surface area contributed by atoms with Crippen molar-refractivity contribution in [3.63, 3.8) is 0 Å². The van der Waals surface area contributed by atoms with Crippen molar-refractivity contribution in [3.8, 4) is 0 Å². The van der Waals surface area contributed by atoms with E-state index in [1.165, 1.54) is 11.1 Å². The molecular formula is C15H24N2O2. The fraction of sp³-hybridized carbons (Fsp3) is 0.533. The average molecular weight is 264 g/mol. The summed E-state index contributed by atoms with van der Waals surface area (Å²) in [6.45, 7) is 7.07. The Balaban J connectivity index is 2.44. The van der Waals surface area contributed by atoms with E-state index in [2.05, 4.69) is 48.7 Å². The summed E-state index contributed by atoms with van der Waals surface area (Å²) in [6, 6.07) is 8.25. The summed E-state index contributed by atoms with van der Waals surface area (Å²) in [6.07, 6.45) is 0. The van der Waals surface area contributed by atoms with Gasteiger partial charge in [0.25, 0.3) is 0 Å². The molecule has 1 aromatic carbocycles. The van der Waals surface area contributed by atoms with Gasteiger partial charge in [-0.3, -0.25) is 10.1 Å². The second-order valence-electron chi connectivity index (χ2n) is 4.80. The molecule has 0 heterocycles. The summed E-state index contributed by atoms with van der Waals surface area (Å²) in [5, 5.41) is 6.11. The summed E-state index contributed by atoms with van der Waals surface area (Å²) < 4.78 is 4.90. The van der Waals surface area contributed by atoms with Gasteiger partial charge in [-0.2, -0.15) is 0 Å². The summed E-state index contributed by atoms with van der Waals surface area (Å²) in [4.78, 5) is 11.8. The SMILES string of the molecule is COCCNC(=O)C(C)N[C@H](C)c1ccc(C)cc1. The Bertz CT molecular complexity index is 390. The molecule has 1 unspecified atom stereocenters. The number of aryl methyl sites for hydroxylation is 1. The highest BCUT2D eigenvalue weighted by Gasteiger charge is 2.15. The molecule has 2 N–H and O–H groups in total. The van der Waals surface area contributed by atoms with Gasteiger partial charge in [0.15, 0.2) is 0 Å². The molecule has 0 fully saturated rings. The number of hydrogen-bond donors (Lipinski definition) is 2. The van der Waals surface area contributed by atoms with Crippen LogP contribution in [0.5, 0.6) is 0 Å². The van der Waals surface area contributed by atoms with Crippen LogP contribution in [0.3, 0.4) is 0 Å². The van der Waals surface area contributed by atoms with Crippen LogP contribution in [0.15, 0.2) is 24.3 Å². The fourth-order valence-electron chi connectivity index (χ4n) is 1.83. The Morgan fingerprint density at radius 1 is 1.26 bits per heavy atom. The summed E-state index contributed by atoms with van der Waals surface area (Å²) in [7, 11) is 1.62. The zero-order chi connectivity index (χ0) is 14.3. The smallest absolute Gasteiger partial charge is 0.236 e. The third kappa shape index (κ3) is 5.41. The Kier molecular flexibility index (Phi) is 6.53. The van der Waals surface area contributed by atoms with E-state index in [0.29, 0.717) is 13.2 Å². The van der Waals surface area contributed by atoms with Crippen molar-refractivity contribution in [2.75, 3.05) is 20.3 Å². The number of ether oxygens (including phenoxy) is 1. The first kappa shape index (κ1) is 15.7. The van der Waals surface area contributed by atoms with Gasteiger partial charge in [0.05, 0.1) is 12.6 Å². The van der Waals surface area contributed by atoms with Crippen LogP contribution in [0.1, 0.15) is 31.0 Å². The van der Waals surface area contributed by atoms with E-state index >= 15 is 0 Å². The molecule has 0 aliphatic heterocycles. The number of hydrogen-bond acceptors (Lipinski definition) is 3. The molecule has 0 bridgehead atoms. The average Bonchev–Trinajstić information content (AvgIpc) is 2.39. The van der Waals surface area contributed by atoms with E-state index in [9.17, 15) is 4.79 Å². The lowest BCUT2D eigenvalue weighted by Gasteiger charge is -2.20. The Labute approximate surface area is 115 Å². The van der Waals surface area contributed by atoms with Gasteiger partial charge in [0, 0.05) is 19.7 Å². The van der Waals surface area contributed by atoms with Crippen LogP contribution in [0.2, 0.25) is 0 Å². The number of benzene rings is 1. The third-order valence-corrected chi connectivity index (χ3v) is 3.08. The molecule has 1 rings (SSSR count). The summed E-state index contributed by atoms with van der Waals surface area (Å²) in [5.74, 6) is -0.00369. The van der Waals surface area contributed by atoms with E-state index in [1.54, 1.807) is 7.11 Å². The van der Waals surface area contributed by atoms with Crippen LogP contribution in [0.4, 0.5) is 0 Å². The van der Waals surface area contributed by atoms with Crippen molar-refractivity contribution in [3.05, 3.63) is 35.4 Å². The van der Waals surface area contributed by atoms with E-state index in [4.69, 9.17) is 4.74 Å². The molecule has 0 saturated heterocycles. The molecule has 0 spiro atoms. The van der Waals surface area contributed by atoms with Crippen molar-refractivity contribution in [1.82, 2.24) is 10.6 Å². The van der Waals surface area contributed by atoms with Crippen LogP contribution in [-0.2, 0) is 9.53 Å². The van der Waals surface area contributed by atoms with Gasteiger partial charge in [-0.15, -0.1) is 0 Å². The molecular weight excluding hydrogens is 240 g/mol. The Morgan fingerprint density at radius 3 is 2.47 bits per heavy atom. The number of carbonyl (C=O) groups is 1. The van der Waals surface area contributed by atoms with Gasteiger partial charge in [-0.1, -0.05) is 29.8 Å². The third-order valence-electron chi connectivity index (χ3n) is 3.08. The minimum absolute atomic E-state index is 0.00369. The van der Waals surface area contributed by atoms with E-state index in [1.807, 2.05) is 6.92 Å². The topological polar surface area (TPSA) is 50.4 Å². The van der Waals surface area contributed by atoms with Gasteiger partial charge in [0.1, 0.15) is 0 Å². The number of nitrogens with one attached hydrogen (secondary N) is 2. The van der Waals surface area contributed by atoms with Crippen LogP contribution in [0, 0.1) is 6.92 Å². The van der Waals surface area contributed by atoms with Crippen LogP contribution < -0.4 is 10.6 Å². The van der Waals surface area contributed by atoms with Crippen molar-refractivity contribution < 1.29 is 9.53 Å². The van der Waals surface area contributed by atoms with Crippen molar-refractivity contribution in [1.29, 1.82) is 0 Å².